The fourth-order valence-corrected chi connectivity index (χ4v) is 4.66. The van der Waals surface area contributed by atoms with Gasteiger partial charge in [-0.05, 0) is 30.5 Å². The van der Waals surface area contributed by atoms with Crippen molar-refractivity contribution in [1.82, 2.24) is 9.88 Å². The number of ether oxygens (including phenoxy) is 2. The van der Waals surface area contributed by atoms with Crippen LogP contribution in [0.2, 0.25) is 0 Å². The van der Waals surface area contributed by atoms with Crippen LogP contribution in [0.4, 0.5) is 4.79 Å². The van der Waals surface area contributed by atoms with Crippen molar-refractivity contribution in [1.29, 1.82) is 0 Å². The van der Waals surface area contributed by atoms with Gasteiger partial charge in [0.15, 0.2) is 5.78 Å². The molecular formula is C25H24N2O4. The van der Waals surface area contributed by atoms with Crippen LogP contribution in [0.25, 0.3) is 10.9 Å². The van der Waals surface area contributed by atoms with Crippen LogP contribution in [0, 0.1) is 5.92 Å². The molecule has 1 amide bonds. The molecule has 1 aromatic heterocycles. The number of aromatic nitrogens is 1. The van der Waals surface area contributed by atoms with Crippen molar-refractivity contribution >= 4 is 22.8 Å². The molecule has 158 valence electrons. The van der Waals surface area contributed by atoms with E-state index in [1.807, 2.05) is 60.7 Å². The number of hydrogen-bond donors (Lipinski definition) is 0. The molecule has 0 radical (unpaired) electrons. The highest BCUT2D eigenvalue weighted by Crippen LogP contribution is 2.34. The smallest absolute Gasteiger partial charge is 0.410 e. The molecule has 31 heavy (non-hydrogen) atoms. The number of piperidine rings is 1. The number of ketones is 1. The molecule has 0 aliphatic carbocycles. The summed E-state index contributed by atoms with van der Waals surface area (Å²) in [7, 11) is 0. The van der Waals surface area contributed by atoms with Crippen molar-refractivity contribution < 1.29 is 19.1 Å². The van der Waals surface area contributed by atoms with Gasteiger partial charge in [0.25, 0.3) is 0 Å². The molecule has 6 nitrogen and oxygen atoms in total. The summed E-state index contributed by atoms with van der Waals surface area (Å²) in [6.07, 6.45) is 2.48. The second-order valence-electron chi connectivity index (χ2n) is 8.24. The minimum atomic E-state index is -0.333. The molecule has 2 saturated heterocycles. The number of pyridine rings is 1. The van der Waals surface area contributed by atoms with Crippen LogP contribution in [0.15, 0.2) is 66.9 Å². The number of carbonyl (C=O) groups excluding carboxylic acids is 2. The van der Waals surface area contributed by atoms with Crippen molar-refractivity contribution in [3.63, 3.8) is 0 Å². The van der Waals surface area contributed by atoms with E-state index in [4.69, 9.17) is 9.47 Å². The second-order valence-corrected chi connectivity index (χ2v) is 8.24. The van der Waals surface area contributed by atoms with Gasteiger partial charge in [-0.25, -0.2) is 4.79 Å². The Hall–Kier alpha value is -3.25. The maximum Gasteiger partial charge on any atom is 0.410 e. The van der Waals surface area contributed by atoms with E-state index in [1.54, 1.807) is 11.1 Å². The summed E-state index contributed by atoms with van der Waals surface area (Å²) in [5.41, 5.74) is 2.45. The highest BCUT2D eigenvalue weighted by molar-refractivity contribution is 6.00. The SMILES string of the molecule is O=C(c1cnc2ccccc2c1)C1CC2COCC(C1)N2C(=O)OCc1ccccc1. The minimum Gasteiger partial charge on any atom is -0.445 e. The van der Waals surface area contributed by atoms with Gasteiger partial charge in [0.1, 0.15) is 6.61 Å². The lowest BCUT2D eigenvalue weighted by Gasteiger charge is -2.47. The fourth-order valence-electron chi connectivity index (χ4n) is 4.66. The zero-order valence-corrected chi connectivity index (χ0v) is 17.1. The highest BCUT2D eigenvalue weighted by Gasteiger charge is 2.44. The van der Waals surface area contributed by atoms with Gasteiger partial charge in [0.2, 0.25) is 0 Å². The first kappa shape index (κ1) is 19.7. The maximum atomic E-state index is 13.2. The average molecular weight is 416 g/mol. The molecule has 3 aromatic rings. The van der Waals surface area contributed by atoms with Crippen molar-refractivity contribution in [3.8, 4) is 0 Å². The quantitative estimate of drug-likeness (QED) is 0.595. The first-order valence-electron chi connectivity index (χ1n) is 10.6. The van der Waals surface area contributed by atoms with Crippen LogP contribution in [0.5, 0.6) is 0 Å². The lowest BCUT2D eigenvalue weighted by atomic mass is 9.81. The molecule has 2 aliphatic heterocycles. The monoisotopic (exact) mass is 416 g/mol. The van der Waals surface area contributed by atoms with Crippen LogP contribution in [0.3, 0.4) is 0 Å². The Labute approximate surface area is 180 Å². The van der Waals surface area contributed by atoms with Gasteiger partial charge in [0.05, 0.1) is 30.8 Å². The predicted molar refractivity (Wildman–Crippen MR) is 116 cm³/mol. The summed E-state index contributed by atoms with van der Waals surface area (Å²) in [5.74, 6) is -0.0625. The number of morpholine rings is 1. The topological polar surface area (TPSA) is 68.7 Å². The third-order valence-corrected chi connectivity index (χ3v) is 6.18. The lowest BCUT2D eigenvalue weighted by Crippen LogP contribution is -2.59. The average Bonchev–Trinajstić information content (AvgIpc) is 2.81. The van der Waals surface area contributed by atoms with Crippen molar-refractivity contribution in [3.05, 3.63) is 78.0 Å². The highest BCUT2D eigenvalue weighted by atomic mass is 16.6. The largest absolute Gasteiger partial charge is 0.445 e. The first-order chi connectivity index (χ1) is 15.2. The maximum absolute atomic E-state index is 13.2. The normalized spacial score (nSPS) is 22.8. The summed E-state index contributed by atoms with van der Waals surface area (Å²) in [5, 5.41) is 0.957. The number of rotatable bonds is 4. The van der Waals surface area contributed by atoms with E-state index in [1.165, 1.54) is 0 Å². The molecule has 2 atom stereocenters. The lowest BCUT2D eigenvalue weighted by molar-refractivity contribution is -0.0755. The second kappa shape index (κ2) is 8.47. The molecule has 2 fully saturated rings. The summed E-state index contributed by atoms with van der Waals surface area (Å²) in [6.45, 7) is 1.09. The standard InChI is InChI=1S/C25H24N2O4/c28-24(20-10-18-8-4-5-9-23(18)26-13-20)19-11-21-15-30-16-22(12-19)27(21)25(29)31-14-17-6-2-1-3-7-17/h1-10,13,19,21-22H,11-12,14-16H2. The van der Waals surface area contributed by atoms with E-state index in [9.17, 15) is 9.59 Å². The van der Waals surface area contributed by atoms with Crippen LogP contribution >= 0.6 is 0 Å². The van der Waals surface area contributed by atoms with E-state index in [0.717, 1.165) is 16.5 Å². The van der Waals surface area contributed by atoms with Gasteiger partial charge in [-0.15, -0.1) is 0 Å². The molecule has 2 unspecified atom stereocenters. The fraction of sp³-hybridized carbons (Fsp3) is 0.320. The summed E-state index contributed by atoms with van der Waals surface area (Å²) in [6, 6.07) is 19.0. The zero-order valence-electron chi connectivity index (χ0n) is 17.1. The Morgan fingerprint density at radius 1 is 1.00 bits per heavy atom. The molecule has 0 saturated carbocycles. The Morgan fingerprint density at radius 3 is 2.48 bits per heavy atom. The van der Waals surface area contributed by atoms with E-state index < -0.39 is 0 Å². The van der Waals surface area contributed by atoms with Crippen LogP contribution in [-0.2, 0) is 16.1 Å². The third kappa shape index (κ3) is 4.03. The van der Waals surface area contributed by atoms with Gasteiger partial charge in [-0.1, -0.05) is 48.5 Å². The van der Waals surface area contributed by atoms with E-state index in [-0.39, 0.29) is 36.5 Å². The molecule has 2 bridgehead atoms. The first-order valence-corrected chi connectivity index (χ1v) is 10.6. The van der Waals surface area contributed by atoms with Gasteiger partial charge in [-0.2, -0.15) is 0 Å². The number of fused-ring (bicyclic) bond motifs is 3. The predicted octanol–water partition coefficient (Wildman–Crippen LogP) is 4.23. The summed E-state index contributed by atoms with van der Waals surface area (Å²) in [4.78, 5) is 32.3. The number of carbonyl (C=O) groups is 2. The zero-order chi connectivity index (χ0) is 21.2. The summed E-state index contributed by atoms with van der Waals surface area (Å²) >= 11 is 0. The molecule has 0 N–H and O–H groups in total. The van der Waals surface area contributed by atoms with Crippen LogP contribution in [0.1, 0.15) is 28.8 Å². The van der Waals surface area contributed by atoms with E-state index >= 15 is 0 Å². The Balaban J connectivity index is 1.29. The molecular weight excluding hydrogens is 392 g/mol. The summed E-state index contributed by atoms with van der Waals surface area (Å²) < 4.78 is 11.3. The number of Topliss-reactive ketones (excluding diaryl/α,β-unsaturated/α-hetero) is 1. The number of hydrogen-bond acceptors (Lipinski definition) is 5. The third-order valence-electron chi connectivity index (χ3n) is 6.18. The number of benzene rings is 2. The van der Waals surface area contributed by atoms with Crippen molar-refractivity contribution in [2.75, 3.05) is 13.2 Å². The molecule has 2 aliphatic rings. The number of amides is 1. The number of nitrogens with zero attached hydrogens (tertiary/aromatic N) is 2. The molecule has 0 spiro atoms. The van der Waals surface area contributed by atoms with Crippen LogP contribution < -0.4 is 0 Å². The van der Waals surface area contributed by atoms with Crippen molar-refractivity contribution in [2.45, 2.75) is 31.5 Å². The van der Waals surface area contributed by atoms with E-state index in [2.05, 4.69) is 4.98 Å². The molecule has 3 heterocycles. The minimum absolute atomic E-state index is 0.0902. The Morgan fingerprint density at radius 2 is 1.71 bits per heavy atom. The Kier molecular flexibility index (Phi) is 5.38. The molecule has 5 rings (SSSR count). The molecule has 2 aromatic carbocycles. The van der Waals surface area contributed by atoms with Gasteiger partial charge < -0.3 is 9.47 Å². The van der Waals surface area contributed by atoms with Gasteiger partial charge >= 0.3 is 6.09 Å². The van der Waals surface area contributed by atoms with Gasteiger partial charge in [0, 0.05) is 23.1 Å². The van der Waals surface area contributed by atoms with Gasteiger partial charge in [-0.3, -0.25) is 14.7 Å². The van der Waals surface area contributed by atoms with Crippen LogP contribution in [-0.4, -0.2) is 47.1 Å². The van der Waals surface area contributed by atoms with E-state index in [0.29, 0.717) is 31.6 Å². The Bertz CT molecular complexity index is 1090. The number of para-hydroxylation sites is 1. The van der Waals surface area contributed by atoms with Crippen molar-refractivity contribution in [2.24, 2.45) is 5.92 Å². The molecule has 6 heteroatoms.